The number of hydrogen-bond donors (Lipinski definition) is 2. The summed E-state index contributed by atoms with van der Waals surface area (Å²) in [4.78, 5) is 4.16. The van der Waals surface area contributed by atoms with Gasteiger partial charge < -0.3 is 11.1 Å². The molecular weight excluding hydrogens is 400 g/mol. The average molecular weight is 408 g/mol. The molecule has 0 saturated carbocycles. The molecule has 3 N–H and O–H groups in total. The van der Waals surface area contributed by atoms with Gasteiger partial charge >= 0.3 is 0 Å². The van der Waals surface area contributed by atoms with E-state index in [1.807, 2.05) is 0 Å². The lowest BCUT2D eigenvalue weighted by atomic mass is 10.3. The first-order valence-electron chi connectivity index (χ1n) is 4.69. The van der Waals surface area contributed by atoms with Crippen molar-refractivity contribution >= 4 is 55.7 Å². The van der Waals surface area contributed by atoms with E-state index in [9.17, 15) is 4.39 Å². The number of nitrogen functional groups attached to an aromatic ring is 1. The van der Waals surface area contributed by atoms with Crippen LogP contribution in [0.4, 0.5) is 21.6 Å². The van der Waals surface area contributed by atoms with Crippen molar-refractivity contribution in [2.24, 2.45) is 0 Å². The third kappa shape index (κ3) is 3.06. The number of nitrogens with two attached hydrogens (primary N) is 1. The third-order valence-corrected chi connectivity index (χ3v) is 3.39. The van der Waals surface area contributed by atoms with Crippen LogP contribution in [0.1, 0.15) is 0 Å². The van der Waals surface area contributed by atoms with E-state index in [-0.39, 0.29) is 5.82 Å². The Morgan fingerprint density at radius 3 is 2.76 bits per heavy atom. The molecule has 2 rings (SSSR count). The predicted molar refractivity (Wildman–Crippen MR) is 78.7 cm³/mol. The Bertz CT molecular complexity index is 513. The lowest BCUT2D eigenvalue weighted by Gasteiger charge is -2.10. The largest absolute Gasteiger partial charge is 0.396 e. The van der Waals surface area contributed by atoms with Crippen LogP contribution in [0.2, 0.25) is 0 Å². The van der Waals surface area contributed by atoms with E-state index in [4.69, 9.17) is 5.73 Å². The predicted octanol–water partition coefficient (Wildman–Crippen LogP) is 3.91. The van der Waals surface area contributed by atoms with Gasteiger partial charge in [0.2, 0.25) is 0 Å². The molecule has 0 saturated heterocycles. The fourth-order valence-electron chi connectivity index (χ4n) is 1.28. The fourth-order valence-corrected chi connectivity index (χ4v) is 2.24. The summed E-state index contributed by atoms with van der Waals surface area (Å²) in [5.74, 6) is 0.286. The summed E-state index contributed by atoms with van der Waals surface area (Å²) in [6, 6.07) is 6.24. The molecule has 0 aliphatic heterocycles. The molecule has 1 aromatic heterocycles. The number of nitrogens with zero attached hydrogens (tertiary/aromatic N) is 1. The highest BCUT2D eigenvalue weighted by Gasteiger charge is 2.05. The number of anilines is 3. The van der Waals surface area contributed by atoms with Gasteiger partial charge in [-0.2, -0.15) is 0 Å². The van der Waals surface area contributed by atoms with Crippen molar-refractivity contribution in [3.8, 4) is 0 Å². The summed E-state index contributed by atoms with van der Waals surface area (Å²) < 4.78 is 14.5. The van der Waals surface area contributed by atoms with Crippen molar-refractivity contribution in [1.82, 2.24) is 4.98 Å². The van der Waals surface area contributed by atoms with E-state index >= 15 is 0 Å². The van der Waals surface area contributed by atoms with Gasteiger partial charge in [0.1, 0.15) is 5.82 Å². The van der Waals surface area contributed by atoms with Gasteiger partial charge in [0.05, 0.1) is 11.4 Å². The Morgan fingerprint density at radius 2 is 2.12 bits per heavy atom. The topological polar surface area (TPSA) is 50.9 Å². The molecule has 0 atom stereocenters. The van der Waals surface area contributed by atoms with Gasteiger partial charge in [0.25, 0.3) is 0 Å². The van der Waals surface area contributed by atoms with Crippen LogP contribution < -0.4 is 11.1 Å². The highest BCUT2D eigenvalue weighted by molar-refractivity contribution is 14.1. The molecule has 0 amide bonds. The minimum absolute atomic E-state index is 0.267. The standard InChI is InChI=1S/C11H8BrFIN3/c12-6-3-9(15)11(16-5-6)17-10-2-1-7(13)4-8(10)14/h1-5H,15H2,(H,16,17). The van der Waals surface area contributed by atoms with Gasteiger partial charge in [-0.1, -0.05) is 0 Å². The number of hydrogen-bond acceptors (Lipinski definition) is 3. The van der Waals surface area contributed by atoms with Gasteiger partial charge in [0.15, 0.2) is 5.82 Å². The molecule has 0 bridgehead atoms. The Balaban J connectivity index is 2.31. The maximum Gasteiger partial charge on any atom is 0.153 e. The average Bonchev–Trinajstić information content (AvgIpc) is 2.25. The quantitative estimate of drug-likeness (QED) is 0.742. The normalized spacial score (nSPS) is 10.3. The molecule has 0 aliphatic carbocycles. The first-order valence-corrected chi connectivity index (χ1v) is 6.56. The molecular formula is C11H8BrFIN3. The lowest BCUT2D eigenvalue weighted by Crippen LogP contribution is -2.00. The maximum absolute atomic E-state index is 12.9. The van der Waals surface area contributed by atoms with E-state index in [1.165, 1.54) is 12.1 Å². The molecule has 2 aromatic rings. The molecule has 0 fully saturated rings. The van der Waals surface area contributed by atoms with Crippen molar-refractivity contribution in [3.63, 3.8) is 0 Å². The molecule has 88 valence electrons. The van der Waals surface area contributed by atoms with Gasteiger partial charge in [-0.3, -0.25) is 0 Å². The van der Waals surface area contributed by atoms with Crippen LogP contribution in [-0.4, -0.2) is 4.98 Å². The van der Waals surface area contributed by atoms with E-state index in [0.717, 1.165) is 13.7 Å². The number of nitrogens with one attached hydrogen (secondary N) is 1. The molecule has 0 aliphatic rings. The molecule has 0 unspecified atom stereocenters. The molecule has 3 nitrogen and oxygen atoms in total. The van der Waals surface area contributed by atoms with Gasteiger partial charge in [-0.25, -0.2) is 9.37 Å². The summed E-state index contributed by atoms with van der Waals surface area (Å²) >= 11 is 5.34. The van der Waals surface area contributed by atoms with Crippen LogP contribution in [0.15, 0.2) is 34.9 Å². The van der Waals surface area contributed by atoms with E-state index in [1.54, 1.807) is 18.3 Å². The highest BCUT2D eigenvalue weighted by Crippen LogP contribution is 2.26. The van der Waals surface area contributed by atoms with Gasteiger partial charge in [-0.05, 0) is 62.8 Å². The lowest BCUT2D eigenvalue weighted by molar-refractivity contribution is 0.627. The minimum Gasteiger partial charge on any atom is -0.396 e. The fraction of sp³-hybridized carbons (Fsp3) is 0. The Hall–Kier alpha value is -0.890. The van der Waals surface area contributed by atoms with Crippen molar-refractivity contribution in [2.45, 2.75) is 0 Å². The second kappa shape index (κ2) is 5.18. The number of benzene rings is 1. The highest BCUT2D eigenvalue weighted by atomic mass is 127. The zero-order valence-electron chi connectivity index (χ0n) is 8.55. The molecule has 1 heterocycles. The second-order valence-corrected chi connectivity index (χ2v) is 5.42. The number of rotatable bonds is 2. The second-order valence-electron chi connectivity index (χ2n) is 3.34. The minimum atomic E-state index is -0.267. The van der Waals surface area contributed by atoms with Crippen LogP contribution in [-0.2, 0) is 0 Å². The third-order valence-electron chi connectivity index (χ3n) is 2.07. The van der Waals surface area contributed by atoms with Gasteiger partial charge in [-0.15, -0.1) is 0 Å². The molecule has 1 aromatic carbocycles. The van der Waals surface area contributed by atoms with Crippen molar-refractivity contribution < 1.29 is 4.39 Å². The summed E-state index contributed by atoms with van der Waals surface area (Å²) in [7, 11) is 0. The smallest absolute Gasteiger partial charge is 0.153 e. The molecule has 17 heavy (non-hydrogen) atoms. The first-order chi connectivity index (χ1) is 8.06. The SMILES string of the molecule is Nc1cc(Br)cnc1Nc1ccc(F)cc1I. The number of halogens is 3. The molecule has 0 radical (unpaired) electrons. The Labute approximate surface area is 120 Å². The maximum atomic E-state index is 12.9. The summed E-state index contributed by atoms with van der Waals surface area (Å²) in [5.41, 5.74) is 7.12. The van der Waals surface area contributed by atoms with Crippen LogP contribution in [0.5, 0.6) is 0 Å². The number of aromatic nitrogens is 1. The molecule has 6 heteroatoms. The Morgan fingerprint density at radius 1 is 1.35 bits per heavy atom. The summed E-state index contributed by atoms with van der Waals surface area (Å²) in [6.45, 7) is 0. The van der Waals surface area contributed by atoms with Crippen molar-refractivity contribution in [2.75, 3.05) is 11.1 Å². The molecule has 0 spiro atoms. The Kier molecular flexibility index (Phi) is 3.82. The van der Waals surface area contributed by atoms with Gasteiger partial charge in [0, 0.05) is 14.2 Å². The first kappa shape index (κ1) is 12.6. The van der Waals surface area contributed by atoms with Crippen LogP contribution in [0.25, 0.3) is 0 Å². The van der Waals surface area contributed by atoms with E-state index in [0.29, 0.717) is 11.5 Å². The zero-order chi connectivity index (χ0) is 12.4. The zero-order valence-corrected chi connectivity index (χ0v) is 12.3. The van der Waals surface area contributed by atoms with Crippen molar-refractivity contribution in [1.29, 1.82) is 0 Å². The summed E-state index contributed by atoms with van der Waals surface area (Å²) in [5, 5.41) is 3.06. The van der Waals surface area contributed by atoms with E-state index < -0.39 is 0 Å². The van der Waals surface area contributed by atoms with E-state index in [2.05, 4.69) is 48.8 Å². The monoisotopic (exact) mass is 407 g/mol. The van der Waals surface area contributed by atoms with Crippen LogP contribution in [0.3, 0.4) is 0 Å². The summed E-state index contributed by atoms with van der Waals surface area (Å²) in [6.07, 6.45) is 1.65. The number of pyridine rings is 1. The van der Waals surface area contributed by atoms with Crippen molar-refractivity contribution in [3.05, 3.63) is 44.3 Å². The van der Waals surface area contributed by atoms with Crippen LogP contribution >= 0.6 is 38.5 Å². The van der Waals surface area contributed by atoms with Crippen LogP contribution in [0, 0.1) is 9.39 Å².